The van der Waals surface area contributed by atoms with Gasteiger partial charge in [-0.1, -0.05) is 44.2 Å². The van der Waals surface area contributed by atoms with Crippen molar-refractivity contribution >= 4 is 0 Å². The van der Waals surface area contributed by atoms with Crippen molar-refractivity contribution in [3.63, 3.8) is 0 Å². The van der Waals surface area contributed by atoms with Gasteiger partial charge in [-0.2, -0.15) is 0 Å². The summed E-state index contributed by atoms with van der Waals surface area (Å²) >= 11 is 0. The fraction of sp³-hybridized carbons (Fsp3) is 0.333. The Morgan fingerprint density at radius 3 is 2.29 bits per heavy atom. The van der Waals surface area contributed by atoms with Gasteiger partial charge in [0, 0.05) is 23.7 Å². The van der Waals surface area contributed by atoms with Crippen LogP contribution < -0.4 is 5.32 Å². The molecule has 21 heavy (non-hydrogen) atoms. The molecule has 0 aliphatic carbocycles. The average molecular weight is 289 g/mol. The van der Waals surface area contributed by atoms with Crippen molar-refractivity contribution in [2.24, 2.45) is 0 Å². The zero-order chi connectivity index (χ0) is 15.4. The van der Waals surface area contributed by atoms with E-state index in [1.165, 1.54) is 0 Å². The lowest BCUT2D eigenvalue weighted by Gasteiger charge is -2.23. The number of hydrogen-bond donors (Lipinski definition) is 1. The summed E-state index contributed by atoms with van der Waals surface area (Å²) in [6, 6.07) is 12.5. The predicted molar refractivity (Wildman–Crippen MR) is 82.3 cm³/mol. The fourth-order valence-corrected chi connectivity index (χ4v) is 2.46. The van der Waals surface area contributed by atoms with E-state index in [2.05, 4.69) is 5.32 Å². The molecule has 2 aromatic rings. The molecule has 2 rings (SSSR count). The Morgan fingerprint density at radius 1 is 1.00 bits per heavy atom. The smallest absolute Gasteiger partial charge is 0.130 e. The Morgan fingerprint density at radius 2 is 1.67 bits per heavy atom. The summed E-state index contributed by atoms with van der Waals surface area (Å²) in [5.74, 6) is -0.994. The minimum absolute atomic E-state index is 0.174. The molecule has 0 radical (unpaired) electrons. The van der Waals surface area contributed by atoms with Crippen LogP contribution in [0.3, 0.4) is 0 Å². The summed E-state index contributed by atoms with van der Waals surface area (Å²) in [5, 5.41) is 3.37. The summed E-state index contributed by atoms with van der Waals surface area (Å²) in [6.07, 6.45) is 0.668. The number of rotatable bonds is 5. The minimum atomic E-state index is -0.501. The van der Waals surface area contributed by atoms with E-state index in [0.717, 1.165) is 11.6 Å². The average Bonchev–Trinajstić information content (AvgIpc) is 2.43. The number of hydrogen-bond acceptors (Lipinski definition) is 1. The third-order valence-corrected chi connectivity index (χ3v) is 3.47. The molecule has 1 nitrogen and oxygen atoms in total. The van der Waals surface area contributed by atoms with Gasteiger partial charge in [-0.3, -0.25) is 0 Å². The summed E-state index contributed by atoms with van der Waals surface area (Å²) in [7, 11) is 0. The van der Waals surface area contributed by atoms with Crippen LogP contribution in [0, 0.1) is 18.6 Å². The number of aryl methyl sites for hydroxylation is 1. The van der Waals surface area contributed by atoms with Crippen LogP contribution in [0.15, 0.2) is 42.5 Å². The molecule has 0 saturated carbocycles. The first-order valence-corrected chi connectivity index (χ1v) is 7.23. The van der Waals surface area contributed by atoms with Crippen molar-refractivity contribution in [3.8, 4) is 0 Å². The highest BCUT2D eigenvalue weighted by Gasteiger charge is 2.19. The molecule has 1 unspecified atom stereocenters. The lowest BCUT2D eigenvalue weighted by molar-refractivity contribution is 0.452. The van der Waals surface area contributed by atoms with Crippen molar-refractivity contribution in [2.75, 3.05) is 0 Å². The molecule has 0 aliphatic rings. The Kier molecular flexibility index (Phi) is 5.07. The highest BCUT2D eigenvalue weighted by Crippen LogP contribution is 2.24. The Bertz CT molecular complexity index is 594. The number of nitrogens with one attached hydrogen (secondary N) is 1. The summed E-state index contributed by atoms with van der Waals surface area (Å²) in [4.78, 5) is 0. The van der Waals surface area contributed by atoms with Gasteiger partial charge in [0.1, 0.15) is 11.6 Å². The van der Waals surface area contributed by atoms with Gasteiger partial charge in [-0.25, -0.2) is 8.78 Å². The third kappa shape index (κ3) is 4.11. The highest BCUT2D eigenvalue weighted by atomic mass is 19.1. The van der Waals surface area contributed by atoms with E-state index in [0.29, 0.717) is 17.5 Å². The maximum atomic E-state index is 14.2. The molecule has 0 spiro atoms. The monoisotopic (exact) mass is 289 g/mol. The van der Waals surface area contributed by atoms with E-state index in [-0.39, 0.29) is 12.1 Å². The first-order chi connectivity index (χ1) is 9.97. The van der Waals surface area contributed by atoms with Gasteiger partial charge >= 0.3 is 0 Å². The molecule has 0 aliphatic heterocycles. The predicted octanol–water partition coefficient (Wildman–Crippen LogP) is 4.56. The maximum Gasteiger partial charge on any atom is 0.130 e. The highest BCUT2D eigenvalue weighted by molar-refractivity contribution is 5.30. The largest absolute Gasteiger partial charge is 0.307 e. The Hall–Kier alpha value is -1.74. The molecule has 0 fully saturated rings. The second-order valence-corrected chi connectivity index (χ2v) is 5.69. The molecule has 0 aromatic heterocycles. The lowest BCUT2D eigenvalue weighted by Crippen LogP contribution is -2.30. The summed E-state index contributed by atoms with van der Waals surface area (Å²) < 4.78 is 27.6. The van der Waals surface area contributed by atoms with Gasteiger partial charge in [0.2, 0.25) is 0 Å². The number of benzene rings is 2. The zero-order valence-corrected chi connectivity index (χ0v) is 12.7. The fourth-order valence-electron chi connectivity index (χ4n) is 2.46. The Labute approximate surface area is 125 Å². The van der Waals surface area contributed by atoms with E-state index in [9.17, 15) is 8.78 Å². The molecule has 0 amide bonds. The normalized spacial score (nSPS) is 12.7. The van der Waals surface area contributed by atoms with E-state index in [4.69, 9.17) is 0 Å². The summed E-state index contributed by atoms with van der Waals surface area (Å²) in [5.41, 5.74) is 2.11. The first kappa shape index (κ1) is 15.6. The van der Waals surface area contributed by atoms with Crippen LogP contribution in [0.2, 0.25) is 0 Å². The van der Waals surface area contributed by atoms with Crippen molar-refractivity contribution in [1.29, 1.82) is 0 Å². The molecule has 3 heteroatoms. The molecule has 1 N–H and O–H groups in total. The standard InChI is InChI=1S/C18H21F2N/c1-12(2)21-18(10-14-7-5-4-6-8-14)15-9-13(3)16(19)11-17(15)20/h4-9,11-12,18,21H,10H2,1-3H3. The van der Waals surface area contributed by atoms with Crippen LogP contribution in [-0.4, -0.2) is 6.04 Å². The molecule has 0 bridgehead atoms. The number of halogens is 2. The lowest BCUT2D eigenvalue weighted by atomic mass is 9.96. The molecule has 1 atom stereocenters. The quantitative estimate of drug-likeness (QED) is 0.851. The van der Waals surface area contributed by atoms with Crippen molar-refractivity contribution in [2.45, 2.75) is 39.3 Å². The van der Waals surface area contributed by atoms with Crippen LogP contribution in [0.5, 0.6) is 0 Å². The minimum Gasteiger partial charge on any atom is -0.307 e. The van der Waals surface area contributed by atoms with Crippen molar-refractivity contribution in [1.82, 2.24) is 5.32 Å². The summed E-state index contributed by atoms with van der Waals surface area (Å²) in [6.45, 7) is 5.70. The van der Waals surface area contributed by atoms with Crippen molar-refractivity contribution in [3.05, 3.63) is 70.8 Å². The van der Waals surface area contributed by atoms with Crippen LogP contribution in [-0.2, 0) is 6.42 Å². The van der Waals surface area contributed by atoms with Crippen LogP contribution in [0.25, 0.3) is 0 Å². The van der Waals surface area contributed by atoms with Crippen LogP contribution >= 0.6 is 0 Å². The molecule has 0 saturated heterocycles. The van der Waals surface area contributed by atoms with E-state index in [1.807, 2.05) is 44.2 Å². The van der Waals surface area contributed by atoms with E-state index in [1.54, 1.807) is 13.0 Å². The maximum absolute atomic E-state index is 14.2. The SMILES string of the molecule is Cc1cc(C(Cc2ccccc2)NC(C)C)c(F)cc1F. The molecular formula is C18H21F2N. The van der Waals surface area contributed by atoms with Gasteiger partial charge in [0.15, 0.2) is 0 Å². The second kappa shape index (κ2) is 6.81. The van der Waals surface area contributed by atoms with Gasteiger partial charge in [-0.15, -0.1) is 0 Å². The van der Waals surface area contributed by atoms with Gasteiger partial charge in [0.25, 0.3) is 0 Å². The van der Waals surface area contributed by atoms with Crippen LogP contribution in [0.1, 0.15) is 36.6 Å². The Balaban J connectivity index is 2.34. The molecule has 2 aromatic carbocycles. The van der Waals surface area contributed by atoms with Crippen LogP contribution in [0.4, 0.5) is 8.78 Å². The van der Waals surface area contributed by atoms with E-state index >= 15 is 0 Å². The molecule has 0 heterocycles. The zero-order valence-electron chi connectivity index (χ0n) is 12.7. The van der Waals surface area contributed by atoms with Gasteiger partial charge in [0.05, 0.1) is 0 Å². The second-order valence-electron chi connectivity index (χ2n) is 5.69. The van der Waals surface area contributed by atoms with Gasteiger partial charge < -0.3 is 5.32 Å². The first-order valence-electron chi connectivity index (χ1n) is 7.23. The molecular weight excluding hydrogens is 268 g/mol. The third-order valence-electron chi connectivity index (χ3n) is 3.47. The van der Waals surface area contributed by atoms with Crippen molar-refractivity contribution < 1.29 is 8.78 Å². The van der Waals surface area contributed by atoms with Gasteiger partial charge in [-0.05, 0) is 30.5 Å². The molecule has 112 valence electrons. The topological polar surface area (TPSA) is 12.0 Å². The van der Waals surface area contributed by atoms with E-state index < -0.39 is 11.6 Å².